The molecule has 7 nitrogen and oxygen atoms in total. The van der Waals surface area contributed by atoms with Crippen LogP contribution >= 0.6 is 11.6 Å². The fourth-order valence-electron chi connectivity index (χ4n) is 2.59. The fraction of sp³-hybridized carbons (Fsp3) is 0.615. The maximum absolute atomic E-state index is 12.1. The lowest BCUT2D eigenvalue weighted by molar-refractivity contribution is -0.143. The van der Waals surface area contributed by atoms with Gasteiger partial charge in [0.05, 0.1) is 17.5 Å². The van der Waals surface area contributed by atoms with E-state index in [4.69, 9.17) is 16.7 Å². The molecule has 116 valence electrons. The predicted octanol–water partition coefficient (Wildman–Crippen LogP) is 1.33. The number of hydrogen-bond donors (Lipinski definition) is 2. The molecule has 1 aromatic rings. The topological polar surface area (TPSA) is 87.5 Å². The number of amides is 2. The minimum Gasteiger partial charge on any atom is -0.481 e. The Hall–Kier alpha value is -1.76. The van der Waals surface area contributed by atoms with Gasteiger partial charge in [-0.15, -0.1) is 0 Å². The van der Waals surface area contributed by atoms with Crippen LogP contribution in [0.3, 0.4) is 0 Å². The van der Waals surface area contributed by atoms with Crippen molar-refractivity contribution in [3.8, 4) is 0 Å². The molecule has 2 N–H and O–H groups in total. The van der Waals surface area contributed by atoms with Gasteiger partial charge >= 0.3 is 12.0 Å². The van der Waals surface area contributed by atoms with Gasteiger partial charge in [0.15, 0.2) is 0 Å². The van der Waals surface area contributed by atoms with E-state index in [1.165, 1.54) is 0 Å². The van der Waals surface area contributed by atoms with Crippen molar-refractivity contribution in [1.82, 2.24) is 20.0 Å². The minimum atomic E-state index is -0.855. The molecule has 0 aromatic carbocycles. The molecule has 1 aliphatic heterocycles. The third-order valence-electron chi connectivity index (χ3n) is 3.56. The van der Waals surface area contributed by atoms with Gasteiger partial charge < -0.3 is 15.3 Å². The maximum atomic E-state index is 12.1. The highest BCUT2D eigenvalue weighted by Crippen LogP contribution is 2.22. The molecule has 1 fully saturated rings. The van der Waals surface area contributed by atoms with Gasteiger partial charge in [0, 0.05) is 26.3 Å². The SMILES string of the molecule is C[C@@H]1C[C@H](C(=O)O)CN(C(=O)NCc2nn(C)cc2Cl)C1. The van der Waals surface area contributed by atoms with Gasteiger partial charge in [0.25, 0.3) is 0 Å². The molecule has 0 bridgehead atoms. The van der Waals surface area contributed by atoms with Gasteiger partial charge in [-0.05, 0) is 12.3 Å². The lowest BCUT2D eigenvalue weighted by Gasteiger charge is -2.34. The molecule has 1 aliphatic rings. The first-order chi connectivity index (χ1) is 9.86. The van der Waals surface area contributed by atoms with Crippen molar-refractivity contribution in [3.63, 3.8) is 0 Å². The molecule has 0 radical (unpaired) electrons. The standard InChI is InChI=1S/C13H19ClN4O3/c1-8-3-9(12(19)20)6-18(5-8)13(21)15-4-11-10(14)7-17(2)16-11/h7-9H,3-6H2,1-2H3,(H,15,21)(H,19,20)/t8-,9+/m1/s1. The molecule has 1 aromatic heterocycles. The molecule has 0 aliphatic carbocycles. The first-order valence-corrected chi connectivity index (χ1v) is 7.18. The Morgan fingerprint density at radius 1 is 1.52 bits per heavy atom. The summed E-state index contributed by atoms with van der Waals surface area (Å²) < 4.78 is 1.58. The molecule has 0 unspecified atom stereocenters. The Bertz CT molecular complexity index is 546. The highest BCUT2D eigenvalue weighted by molar-refractivity contribution is 6.31. The summed E-state index contributed by atoms with van der Waals surface area (Å²) in [7, 11) is 1.75. The first kappa shape index (κ1) is 15.6. The average molecular weight is 315 g/mol. The van der Waals surface area contributed by atoms with Gasteiger partial charge in [-0.25, -0.2) is 4.79 Å². The van der Waals surface area contributed by atoms with Crippen molar-refractivity contribution < 1.29 is 14.7 Å². The highest BCUT2D eigenvalue weighted by atomic mass is 35.5. The zero-order chi connectivity index (χ0) is 15.6. The van der Waals surface area contributed by atoms with Gasteiger partial charge in [-0.1, -0.05) is 18.5 Å². The van der Waals surface area contributed by atoms with Crippen LogP contribution in [0.1, 0.15) is 19.0 Å². The Labute approximate surface area is 127 Å². The number of rotatable bonds is 3. The summed E-state index contributed by atoms with van der Waals surface area (Å²) in [6.45, 7) is 2.97. The fourth-order valence-corrected chi connectivity index (χ4v) is 2.84. The van der Waals surface area contributed by atoms with E-state index >= 15 is 0 Å². The van der Waals surface area contributed by atoms with E-state index in [0.717, 1.165) is 0 Å². The Morgan fingerprint density at radius 2 is 2.24 bits per heavy atom. The van der Waals surface area contributed by atoms with Crippen LogP contribution in [0.5, 0.6) is 0 Å². The molecule has 2 amide bonds. The molecule has 2 atom stereocenters. The van der Waals surface area contributed by atoms with Crippen LogP contribution in [0.15, 0.2) is 6.20 Å². The van der Waals surface area contributed by atoms with Crippen molar-refractivity contribution in [3.05, 3.63) is 16.9 Å². The number of halogens is 1. The number of likely N-dealkylation sites (tertiary alicyclic amines) is 1. The van der Waals surface area contributed by atoms with E-state index in [2.05, 4.69) is 10.4 Å². The minimum absolute atomic E-state index is 0.170. The smallest absolute Gasteiger partial charge is 0.317 e. The monoisotopic (exact) mass is 314 g/mol. The number of aromatic nitrogens is 2. The number of aryl methyl sites for hydroxylation is 1. The lowest BCUT2D eigenvalue weighted by Crippen LogP contribution is -2.49. The van der Waals surface area contributed by atoms with E-state index in [0.29, 0.717) is 23.7 Å². The number of piperidine rings is 1. The Balaban J connectivity index is 1.93. The first-order valence-electron chi connectivity index (χ1n) is 6.80. The number of carboxylic acids is 1. The summed E-state index contributed by atoms with van der Waals surface area (Å²) in [6.07, 6.45) is 2.26. The second kappa shape index (κ2) is 6.34. The lowest BCUT2D eigenvalue weighted by atomic mass is 9.91. The van der Waals surface area contributed by atoms with Crippen molar-refractivity contribution in [2.24, 2.45) is 18.9 Å². The zero-order valence-corrected chi connectivity index (χ0v) is 12.8. The quantitative estimate of drug-likeness (QED) is 0.881. The van der Waals surface area contributed by atoms with E-state index in [-0.39, 0.29) is 25.0 Å². The van der Waals surface area contributed by atoms with Crippen LogP contribution in [0.25, 0.3) is 0 Å². The molecule has 0 saturated carbocycles. The summed E-state index contributed by atoms with van der Waals surface area (Å²) >= 11 is 5.98. The number of nitrogens with zero attached hydrogens (tertiary/aromatic N) is 3. The van der Waals surface area contributed by atoms with Gasteiger partial charge in [0.1, 0.15) is 5.69 Å². The third kappa shape index (κ3) is 3.87. The Kier molecular flexibility index (Phi) is 4.72. The van der Waals surface area contributed by atoms with Crippen molar-refractivity contribution in [1.29, 1.82) is 0 Å². The number of carbonyl (C=O) groups excluding carboxylic acids is 1. The second-order valence-corrected chi connectivity index (χ2v) is 5.94. The summed E-state index contributed by atoms with van der Waals surface area (Å²) in [5, 5.41) is 16.5. The van der Waals surface area contributed by atoms with Gasteiger partial charge in [-0.3, -0.25) is 9.48 Å². The van der Waals surface area contributed by atoms with Crippen LogP contribution in [0.4, 0.5) is 4.79 Å². The van der Waals surface area contributed by atoms with E-state index in [1.807, 2.05) is 6.92 Å². The van der Waals surface area contributed by atoms with Crippen molar-refractivity contribution in [2.75, 3.05) is 13.1 Å². The molecule has 1 saturated heterocycles. The van der Waals surface area contributed by atoms with Crippen molar-refractivity contribution in [2.45, 2.75) is 19.9 Å². The normalized spacial score (nSPS) is 22.1. The highest BCUT2D eigenvalue weighted by Gasteiger charge is 2.31. The molecular weight excluding hydrogens is 296 g/mol. The van der Waals surface area contributed by atoms with Crippen LogP contribution in [-0.4, -0.2) is 44.9 Å². The van der Waals surface area contributed by atoms with Crippen LogP contribution in [0, 0.1) is 11.8 Å². The van der Waals surface area contributed by atoms with Crippen LogP contribution < -0.4 is 5.32 Å². The van der Waals surface area contributed by atoms with Crippen LogP contribution in [-0.2, 0) is 18.4 Å². The Morgan fingerprint density at radius 3 is 2.81 bits per heavy atom. The number of carbonyl (C=O) groups is 2. The zero-order valence-electron chi connectivity index (χ0n) is 12.0. The van der Waals surface area contributed by atoms with E-state index in [1.54, 1.807) is 22.8 Å². The number of aliphatic carboxylic acids is 1. The maximum Gasteiger partial charge on any atom is 0.317 e. The van der Waals surface area contributed by atoms with E-state index in [9.17, 15) is 9.59 Å². The molecule has 0 spiro atoms. The molecule has 2 rings (SSSR count). The average Bonchev–Trinajstić information content (AvgIpc) is 2.73. The van der Waals surface area contributed by atoms with Gasteiger partial charge in [-0.2, -0.15) is 5.10 Å². The molecule has 2 heterocycles. The predicted molar refractivity (Wildman–Crippen MR) is 76.9 cm³/mol. The van der Waals surface area contributed by atoms with Crippen molar-refractivity contribution >= 4 is 23.6 Å². The van der Waals surface area contributed by atoms with Gasteiger partial charge in [0.2, 0.25) is 0 Å². The summed E-state index contributed by atoms with van der Waals surface area (Å²) in [5.41, 5.74) is 0.590. The molecule has 21 heavy (non-hydrogen) atoms. The number of nitrogens with one attached hydrogen (secondary N) is 1. The summed E-state index contributed by atoms with van der Waals surface area (Å²) in [4.78, 5) is 24.8. The van der Waals surface area contributed by atoms with Crippen LogP contribution in [0.2, 0.25) is 5.02 Å². The number of carboxylic acid groups (broad SMARTS) is 1. The van der Waals surface area contributed by atoms with E-state index < -0.39 is 11.9 Å². The number of urea groups is 1. The number of hydrogen-bond acceptors (Lipinski definition) is 3. The molecular formula is C13H19ClN4O3. The summed E-state index contributed by atoms with van der Waals surface area (Å²) in [5.74, 6) is -1.19. The third-order valence-corrected chi connectivity index (χ3v) is 3.87. The molecule has 8 heteroatoms. The second-order valence-electron chi connectivity index (χ2n) is 5.54. The summed E-state index contributed by atoms with van der Waals surface area (Å²) in [6, 6.07) is -0.283. The largest absolute Gasteiger partial charge is 0.481 e.